The van der Waals surface area contributed by atoms with Crippen LogP contribution in [0.5, 0.6) is 0 Å². The Labute approximate surface area is 136 Å². The molecule has 1 atom stereocenters. The third-order valence-corrected chi connectivity index (χ3v) is 3.89. The molecule has 4 nitrogen and oxygen atoms in total. The molecule has 0 aliphatic carbocycles. The molecule has 0 bridgehead atoms. The highest BCUT2D eigenvalue weighted by atomic mass is 79.9. The van der Waals surface area contributed by atoms with E-state index in [9.17, 15) is 0 Å². The van der Waals surface area contributed by atoms with Crippen LogP contribution in [0, 0.1) is 0 Å². The summed E-state index contributed by atoms with van der Waals surface area (Å²) < 4.78 is 11.7. The lowest BCUT2D eigenvalue weighted by Crippen LogP contribution is -2.39. The summed E-state index contributed by atoms with van der Waals surface area (Å²) in [6.07, 6.45) is 0. The highest BCUT2D eigenvalue weighted by Crippen LogP contribution is 2.26. The van der Waals surface area contributed by atoms with E-state index in [1.54, 1.807) is 14.2 Å². The highest BCUT2D eigenvalue weighted by molar-refractivity contribution is 9.10. The second-order valence-electron chi connectivity index (χ2n) is 5.04. The van der Waals surface area contributed by atoms with Crippen LogP contribution in [0.3, 0.4) is 0 Å². The minimum Gasteiger partial charge on any atom is -0.383 e. The minimum absolute atomic E-state index is 0.298. The van der Waals surface area contributed by atoms with Crippen molar-refractivity contribution in [3.05, 3.63) is 28.2 Å². The quantitative estimate of drug-likeness (QED) is 0.696. The maximum atomic E-state index is 5.32. The van der Waals surface area contributed by atoms with E-state index in [4.69, 9.17) is 9.47 Å². The average Bonchev–Trinajstić information content (AvgIpc) is 2.47. The van der Waals surface area contributed by atoms with Gasteiger partial charge in [-0.15, -0.1) is 0 Å². The van der Waals surface area contributed by atoms with Crippen LogP contribution in [-0.4, -0.2) is 46.6 Å². The van der Waals surface area contributed by atoms with Crippen molar-refractivity contribution in [3.8, 4) is 0 Å². The monoisotopic (exact) mass is 358 g/mol. The van der Waals surface area contributed by atoms with Crippen molar-refractivity contribution in [2.45, 2.75) is 26.4 Å². The van der Waals surface area contributed by atoms with Crippen LogP contribution >= 0.6 is 15.9 Å². The van der Waals surface area contributed by atoms with E-state index >= 15 is 0 Å². The SMILES string of the molecule is CCNCc1cc(Br)ccc1N(CCOC)C(C)COC. The van der Waals surface area contributed by atoms with Gasteiger partial charge < -0.3 is 19.7 Å². The number of rotatable bonds is 10. The fourth-order valence-corrected chi connectivity index (χ4v) is 2.74. The van der Waals surface area contributed by atoms with Gasteiger partial charge >= 0.3 is 0 Å². The average molecular weight is 359 g/mol. The third kappa shape index (κ3) is 5.94. The first-order valence-corrected chi connectivity index (χ1v) is 8.17. The minimum atomic E-state index is 0.298. The van der Waals surface area contributed by atoms with Gasteiger partial charge in [-0.2, -0.15) is 0 Å². The zero-order valence-electron chi connectivity index (χ0n) is 13.5. The second-order valence-corrected chi connectivity index (χ2v) is 5.96. The molecule has 1 rings (SSSR count). The molecule has 0 radical (unpaired) electrons. The first-order chi connectivity index (χ1) is 10.1. The van der Waals surface area contributed by atoms with Gasteiger partial charge in [-0.05, 0) is 37.2 Å². The first-order valence-electron chi connectivity index (χ1n) is 7.37. The second kappa shape index (κ2) is 10.2. The van der Waals surface area contributed by atoms with E-state index in [0.29, 0.717) is 19.3 Å². The zero-order valence-corrected chi connectivity index (χ0v) is 15.1. The molecular weight excluding hydrogens is 332 g/mol. The van der Waals surface area contributed by atoms with Crippen LogP contribution in [0.1, 0.15) is 19.4 Å². The normalized spacial score (nSPS) is 12.4. The van der Waals surface area contributed by atoms with Crippen LogP contribution in [0.25, 0.3) is 0 Å². The third-order valence-electron chi connectivity index (χ3n) is 3.39. The number of hydrogen-bond donors (Lipinski definition) is 1. The fraction of sp³-hybridized carbons (Fsp3) is 0.625. The van der Waals surface area contributed by atoms with Crippen molar-refractivity contribution in [2.75, 3.05) is 45.4 Å². The van der Waals surface area contributed by atoms with Crippen molar-refractivity contribution in [1.82, 2.24) is 5.32 Å². The maximum absolute atomic E-state index is 5.32. The van der Waals surface area contributed by atoms with Crippen LogP contribution in [0.2, 0.25) is 0 Å². The van der Waals surface area contributed by atoms with Gasteiger partial charge in [-0.1, -0.05) is 22.9 Å². The number of nitrogens with zero attached hydrogens (tertiary/aromatic N) is 1. The molecule has 0 amide bonds. The lowest BCUT2D eigenvalue weighted by atomic mass is 10.1. The fourth-order valence-electron chi connectivity index (χ4n) is 2.33. The summed E-state index contributed by atoms with van der Waals surface area (Å²) in [5.74, 6) is 0. The topological polar surface area (TPSA) is 33.7 Å². The van der Waals surface area contributed by atoms with Crippen molar-refractivity contribution in [2.24, 2.45) is 0 Å². The highest BCUT2D eigenvalue weighted by Gasteiger charge is 2.17. The van der Waals surface area contributed by atoms with E-state index in [0.717, 1.165) is 24.1 Å². The Bertz CT molecular complexity index is 415. The molecule has 0 aromatic heterocycles. The van der Waals surface area contributed by atoms with Crippen LogP contribution in [0.4, 0.5) is 5.69 Å². The van der Waals surface area contributed by atoms with Gasteiger partial charge in [0.05, 0.1) is 13.2 Å². The molecular formula is C16H27BrN2O2. The molecule has 1 aromatic carbocycles. The van der Waals surface area contributed by atoms with E-state index in [1.807, 2.05) is 0 Å². The zero-order chi connectivity index (χ0) is 15.7. The molecule has 0 heterocycles. The number of ether oxygens (including phenoxy) is 2. The Hall–Kier alpha value is -0.620. The molecule has 5 heteroatoms. The lowest BCUT2D eigenvalue weighted by Gasteiger charge is -2.32. The summed E-state index contributed by atoms with van der Waals surface area (Å²) in [6, 6.07) is 6.73. The standard InChI is InChI=1S/C16H27BrN2O2/c1-5-18-11-14-10-15(17)6-7-16(14)19(8-9-20-3)13(2)12-21-4/h6-7,10,13,18H,5,8-9,11-12H2,1-4H3. The Kier molecular flexibility index (Phi) is 8.92. The Balaban J connectivity index is 3.03. The lowest BCUT2D eigenvalue weighted by molar-refractivity contribution is 0.171. The van der Waals surface area contributed by atoms with Gasteiger partial charge in [0.15, 0.2) is 0 Å². The van der Waals surface area contributed by atoms with Crippen molar-refractivity contribution in [3.63, 3.8) is 0 Å². The Morgan fingerprint density at radius 3 is 2.67 bits per heavy atom. The number of halogens is 1. The molecule has 0 saturated carbocycles. The summed E-state index contributed by atoms with van der Waals surface area (Å²) in [6.45, 7) is 8.35. The molecule has 0 spiro atoms. The molecule has 1 aromatic rings. The summed E-state index contributed by atoms with van der Waals surface area (Å²) >= 11 is 3.56. The summed E-state index contributed by atoms with van der Waals surface area (Å²) in [5.41, 5.74) is 2.52. The Morgan fingerprint density at radius 1 is 1.29 bits per heavy atom. The molecule has 120 valence electrons. The molecule has 0 aliphatic heterocycles. The molecule has 0 saturated heterocycles. The van der Waals surface area contributed by atoms with E-state index in [2.05, 4.69) is 58.2 Å². The van der Waals surface area contributed by atoms with Crippen molar-refractivity contribution < 1.29 is 9.47 Å². The van der Waals surface area contributed by atoms with Gasteiger partial charge in [-0.3, -0.25) is 0 Å². The number of hydrogen-bond acceptors (Lipinski definition) is 4. The summed E-state index contributed by atoms with van der Waals surface area (Å²) in [5, 5.41) is 3.40. The Morgan fingerprint density at radius 2 is 2.05 bits per heavy atom. The molecule has 21 heavy (non-hydrogen) atoms. The van der Waals surface area contributed by atoms with Gasteiger partial charge in [-0.25, -0.2) is 0 Å². The van der Waals surface area contributed by atoms with Crippen LogP contribution in [-0.2, 0) is 16.0 Å². The predicted molar refractivity (Wildman–Crippen MR) is 92.1 cm³/mol. The molecule has 1 unspecified atom stereocenters. The van der Waals surface area contributed by atoms with Crippen LogP contribution in [0.15, 0.2) is 22.7 Å². The number of anilines is 1. The van der Waals surface area contributed by atoms with Gasteiger partial charge in [0.25, 0.3) is 0 Å². The smallest absolute Gasteiger partial charge is 0.0663 e. The number of nitrogens with one attached hydrogen (secondary N) is 1. The van der Waals surface area contributed by atoms with Crippen LogP contribution < -0.4 is 10.2 Å². The molecule has 0 aliphatic rings. The van der Waals surface area contributed by atoms with Gasteiger partial charge in [0.2, 0.25) is 0 Å². The number of benzene rings is 1. The van der Waals surface area contributed by atoms with E-state index in [-0.39, 0.29) is 0 Å². The summed E-state index contributed by atoms with van der Waals surface area (Å²) in [7, 11) is 3.48. The summed E-state index contributed by atoms with van der Waals surface area (Å²) in [4.78, 5) is 2.35. The largest absolute Gasteiger partial charge is 0.383 e. The van der Waals surface area contributed by atoms with Gasteiger partial charge in [0, 0.05) is 43.5 Å². The van der Waals surface area contributed by atoms with E-state index in [1.165, 1.54) is 11.3 Å². The van der Waals surface area contributed by atoms with Crippen molar-refractivity contribution >= 4 is 21.6 Å². The number of methoxy groups -OCH3 is 2. The van der Waals surface area contributed by atoms with Gasteiger partial charge in [0.1, 0.15) is 0 Å². The first kappa shape index (κ1) is 18.4. The van der Waals surface area contributed by atoms with E-state index < -0.39 is 0 Å². The molecule has 1 N–H and O–H groups in total. The van der Waals surface area contributed by atoms with Crippen molar-refractivity contribution in [1.29, 1.82) is 0 Å². The molecule has 0 fully saturated rings. The predicted octanol–water partition coefficient (Wildman–Crippen LogP) is 3.05. The maximum Gasteiger partial charge on any atom is 0.0663 e.